The summed E-state index contributed by atoms with van der Waals surface area (Å²) in [4.78, 5) is 82.6. The van der Waals surface area contributed by atoms with Crippen molar-refractivity contribution < 1.29 is 85.2 Å². The molecule has 2 aromatic heterocycles. The number of nitrogens with zero attached hydrogens (tertiary/aromatic N) is 2. The van der Waals surface area contributed by atoms with Crippen LogP contribution in [0.2, 0.25) is 0 Å². The molecule has 62 heavy (non-hydrogen) atoms. The molecule has 3 aromatic rings. The van der Waals surface area contributed by atoms with E-state index in [0.29, 0.717) is 60.1 Å². The van der Waals surface area contributed by atoms with Crippen LogP contribution in [0.25, 0.3) is 28.0 Å². The fourth-order valence-corrected chi connectivity index (χ4v) is 6.58. The molecule has 18 nitrogen and oxygen atoms in total. The van der Waals surface area contributed by atoms with Crippen molar-refractivity contribution in [1.29, 1.82) is 0 Å². The minimum atomic E-state index is -1.88. The van der Waals surface area contributed by atoms with Crippen molar-refractivity contribution >= 4 is 46.7 Å². The van der Waals surface area contributed by atoms with Gasteiger partial charge in [-0.2, -0.15) is 12.0 Å². The Morgan fingerprint density at radius 1 is 1.00 bits per heavy atom. The van der Waals surface area contributed by atoms with Crippen LogP contribution in [0.1, 0.15) is 94.9 Å². The molecule has 3 atom stereocenters. The van der Waals surface area contributed by atoms with Crippen LogP contribution < -0.4 is 15.6 Å². The minimum absolute atomic E-state index is 0. The number of amides is 1. The number of carboxylic acids is 3. The summed E-state index contributed by atoms with van der Waals surface area (Å²) in [6, 6.07) is 7.05. The third-order valence-electron chi connectivity index (χ3n) is 10.1. The summed E-state index contributed by atoms with van der Waals surface area (Å²) in [5.41, 5.74) is 10.0. The molecular formula is C43H54N4O14Pt. The Morgan fingerprint density at radius 3 is 2.11 bits per heavy atom. The summed E-state index contributed by atoms with van der Waals surface area (Å²) in [5, 5.41) is 37.3. The Kier molecular flexibility index (Phi) is 21.2. The van der Waals surface area contributed by atoms with E-state index in [9.17, 15) is 29.1 Å². The van der Waals surface area contributed by atoms with Gasteiger partial charge in [-0.05, 0) is 62.9 Å². The Bertz CT molecular complexity index is 2200. The molecule has 1 aliphatic carbocycles. The summed E-state index contributed by atoms with van der Waals surface area (Å²) in [6.45, 7) is 17.8. The normalized spacial score (nSPS) is 17.6. The van der Waals surface area contributed by atoms with E-state index in [4.69, 9.17) is 45.1 Å². The largest absolute Gasteiger partial charge is 2.00 e. The zero-order valence-electron chi connectivity index (χ0n) is 35.0. The van der Waals surface area contributed by atoms with Crippen molar-refractivity contribution in [3.63, 3.8) is 0 Å². The number of carbonyl (C=O) groups excluding carboxylic acids is 3. The van der Waals surface area contributed by atoms with Gasteiger partial charge >= 0.3 is 50.9 Å². The van der Waals surface area contributed by atoms with Gasteiger partial charge in [-0.15, -0.1) is 0 Å². The summed E-state index contributed by atoms with van der Waals surface area (Å²) in [7, 11) is 0. The molecule has 0 bridgehead atoms. The Balaban J connectivity index is 0.000000721. The van der Waals surface area contributed by atoms with Crippen LogP contribution >= 0.6 is 0 Å². The Morgan fingerprint density at radius 2 is 1.61 bits per heavy atom. The van der Waals surface area contributed by atoms with Crippen molar-refractivity contribution in [1.82, 2.24) is 14.9 Å². The zero-order chi connectivity index (χ0) is 45.1. The fourth-order valence-electron chi connectivity index (χ4n) is 6.58. The number of cyclic esters (lactones) is 1. The fraction of sp³-hybridized carbons (Fsp3) is 0.419. The van der Waals surface area contributed by atoms with E-state index in [-0.39, 0.29) is 80.2 Å². The molecule has 19 heteroatoms. The van der Waals surface area contributed by atoms with E-state index < -0.39 is 35.4 Å². The van der Waals surface area contributed by atoms with Gasteiger partial charge in [0.15, 0.2) is 5.60 Å². The van der Waals surface area contributed by atoms with Gasteiger partial charge in [0.05, 0.1) is 29.0 Å². The van der Waals surface area contributed by atoms with E-state index in [1.807, 2.05) is 6.92 Å². The van der Waals surface area contributed by atoms with Crippen LogP contribution in [0.3, 0.4) is 0 Å². The predicted molar refractivity (Wildman–Crippen MR) is 223 cm³/mol. The Labute approximate surface area is 372 Å². The molecule has 0 saturated heterocycles. The van der Waals surface area contributed by atoms with Gasteiger partial charge in [-0.25, -0.2) is 24.2 Å². The molecule has 4 heterocycles. The number of rotatable bonds is 9. The molecule has 0 radical (unpaired) electrons. The molecule has 0 spiro atoms. The predicted octanol–water partition coefficient (Wildman–Crippen LogP) is 4.43. The smallest absolute Gasteiger partial charge is 0.677 e. The monoisotopic (exact) mass is 1050 g/mol. The van der Waals surface area contributed by atoms with E-state index in [1.54, 1.807) is 42.7 Å². The molecule has 3 aliphatic rings. The molecule has 6 rings (SSSR count). The number of esters is 2. The molecule has 2 unspecified atom stereocenters. The number of aryl methyl sites for hydroxylation is 1. The van der Waals surface area contributed by atoms with Crippen LogP contribution in [0, 0.1) is 12.8 Å². The number of fused-ring (bicyclic) bond motifs is 5. The van der Waals surface area contributed by atoms with Gasteiger partial charge < -0.3 is 57.9 Å². The first-order valence-electron chi connectivity index (χ1n) is 19.3. The first-order valence-corrected chi connectivity index (χ1v) is 19.3. The summed E-state index contributed by atoms with van der Waals surface area (Å²) < 4.78 is 12.3. The van der Waals surface area contributed by atoms with Crippen molar-refractivity contribution in [3.05, 3.63) is 93.8 Å². The van der Waals surface area contributed by atoms with Gasteiger partial charge in [-0.3, -0.25) is 14.4 Å². The second kappa shape index (κ2) is 24.2. The number of hydrogen-bond acceptors (Lipinski definition) is 11. The van der Waals surface area contributed by atoms with Crippen molar-refractivity contribution in [2.45, 2.75) is 104 Å². The number of benzene rings is 1. The summed E-state index contributed by atoms with van der Waals surface area (Å²) >= 11 is 0. The SMILES string of the molecule is C=C(C)C(=O)NCCCC(=O)Oc1ccc2nc3c(c(CC)c2c1)Cn1c-3cc2c(c1=O)COC(=O)[C@]2(O)CC.C=C(C)C(=O)O.O.O=C(O)C(=O)O.[CH2-]C1CCCCC1[NH-].[Pt+2]. The maximum absolute atomic E-state index is 13.5. The van der Waals surface area contributed by atoms with E-state index in [1.165, 1.54) is 26.2 Å². The second-order valence-electron chi connectivity index (χ2n) is 14.5. The first kappa shape index (κ1) is 54.5. The maximum atomic E-state index is 13.5. The number of carbonyl (C=O) groups is 6. The molecule has 1 amide bonds. The molecular weight excluding hydrogens is 992 g/mol. The number of aliphatic carboxylic acids is 3. The van der Waals surface area contributed by atoms with Gasteiger partial charge in [0.2, 0.25) is 5.91 Å². The topological polar surface area (TPSA) is 304 Å². The number of aliphatic hydroxyl groups is 1. The minimum Gasteiger partial charge on any atom is -0.677 e. The van der Waals surface area contributed by atoms with Gasteiger partial charge in [0, 0.05) is 40.6 Å². The second-order valence-corrected chi connectivity index (χ2v) is 14.5. The maximum Gasteiger partial charge on any atom is 2.00 e. The van der Waals surface area contributed by atoms with Gasteiger partial charge in [0.25, 0.3) is 5.56 Å². The number of aromatic nitrogens is 2. The number of nitrogens with one attached hydrogen (secondary N) is 2. The average Bonchev–Trinajstić information content (AvgIpc) is 3.57. The number of hydrogen-bond donors (Lipinski definition) is 5. The molecule has 2 aliphatic heterocycles. The van der Waals surface area contributed by atoms with Crippen LogP contribution in [0.5, 0.6) is 5.75 Å². The number of ether oxygens (including phenoxy) is 2. The van der Waals surface area contributed by atoms with Crippen molar-refractivity contribution in [2.75, 3.05) is 6.54 Å². The zero-order valence-corrected chi connectivity index (χ0v) is 37.3. The standard InChI is InChI=1S/C30H31N3O7.C7H13N.C4H6O2.C2H2O4.H2O.Pt/c1-5-18-19-12-17(40-25(34)8-7-11-31-27(35)16(3)4)9-10-23(19)32-26-20(18)14-33-24(26)13-22-21(28(33)36)15-39-29(37)30(22,38)6-2;1-6-4-2-3-5-7(6)8;1-3(2)4(5)6;3-1(4)2(5)6;;/h9-10,12-13,38H,3,5-8,11,14-15H2,1-2,4H3,(H,31,35);6-8H,1-5H2;1H2,2H3,(H,5,6);(H,3,4)(H,5,6);1H2;/q;-2;;;;+2/t30-;;;;;/m0...../s1. The third-order valence-corrected chi connectivity index (χ3v) is 10.1. The van der Waals surface area contributed by atoms with Crippen molar-refractivity contribution in [3.8, 4) is 17.1 Å². The van der Waals surface area contributed by atoms with E-state index >= 15 is 0 Å². The van der Waals surface area contributed by atoms with Crippen LogP contribution in [0.15, 0.2) is 53.4 Å². The van der Waals surface area contributed by atoms with Crippen LogP contribution in [-0.4, -0.2) is 83.8 Å². The van der Waals surface area contributed by atoms with Gasteiger partial charge in [0.1, 0.15) is 12.4 Å². The quantitative estimate of drug-likeness (QED) is 0.0387. The molecule has 1 saturated carbocycles. The number of carboxylic acid groups (broad SMARTS) is 3. The molecule has 8 N–H and O–H groups in total. The van der Waals surface area contributed by atoms with Crippen LogP contribution in [0.4, 0.5) is 0 Å². The van der Waals surface area contributed by atoms with E-state index in [2.05, 4.69) is 25.4 Å². The first-order chi connectivity index (χ1) is 28.2. The molecule has 340 valence electrons. The number of pyridine rings is 2. The van der Waals surface area contributed by atoms with E-state index in [0.717, 1.165) is 22.9 Å². The third kappa shape index (κ3) is 13.5. The Hall–Kier alpha value is -5.55. The van der Waals surface area contributed by atoms with Gasteiger partial charge in [-0.1, -0.05) is 52.7 Å². The summed E-state index contributed by atoms with van der Waals surface area (Å²) in [5.74, 6) is -5.21. The summed E-state index contributed by atoms with van der Waals surface area (Å²) in [6.07, 6.45) is 6.08. The molecule has 1 fully saturated rings. The van der Waals surface area contributed by atoms with Crippen LogP contribution in [-0.2, 0) is 79.7 Å². The molecule has 1 aromatic carbocycles. The van der Waals surface area contributed by atoms with Crippen molar-refractivity contribution in [2.24, 2.45) is 5.92 Å². The average molecular weight is 1050 g/mol.